The Morgan fingerprint density at radius 2 is 1.91 bits per heavy atom. The Morgan fingerprint density at radius 1 is 1.18 bits per heavy atom. The Morgan fingerprint density at radius 3 is 2.56 bits per heavy atom. The first-order valence-electron chi connectivity index (χ1n) is 10.1. The van der Waals surface area contributed by atoms with Gasteiger partial charge in [0.05, 0.1) is 17.0 Å². The number of carbonyl (C=O) groups is 2. The van der Waals surface area contributed by atoms with Crippen molar-refractivity contribution in [3.05, 3.63) is 65.5 Å². The van der Waals surface area contributed by atoms with Crippen molar-refractivity contribution in [3.63, 3.8) is 0 Å². The molecule has 8 nitrogen and oxygen atoms in total. The SMILES string of the molecule is CO/N=C(/C)c1cccc(-c2cc(-c3cc4c([nH]3)CCNC4=O)ccn2)c1.O=C(O)C(F)(F)F. The number of nitrogens with one attached hydrogen (secondary N) is 2. The van der Waals surface area contributed by atoms with E-state index in [0.717, 1.165) is 51.5 Å². The number of hydrogen-bond donors (Lipinski definition) is 3. The Bertz CT molecular complexity index is 1230. The van der Waals surface area contributed by atoms with Crippen molar-refractivity contribution in [3.8, 4) is 22.5 Å². The van der Waals surface area contributed by atoms with Crippen molar-refractivity contribution < 1.29 is 32.7 Å². The average Bonchev–Trinajstić information content (AvgIpc) is 3.25. The van der Waals surface area contributed by atoms with Crippen molar-refractivity contribution in [2.45, 2.75) is 19.5 Å². The number of carbonyl (C=O) groups excluding carboxylic acids is 1. The molecule has 34 heavy (non-hydrogen) atoms. The van der Waals surface area contributed by atoms with E-state index in [1.165, 1.54) is 7.11 Å². The van der Waals surface area contributed by atoms with Gasteiger partial charge < -0.3 is 20.2 Å². The summed E-state index contributed by atoms with van der Waals surface area (Å²) in [6, 6.07) is 13.9. The Kier molecular flexibility index (Phi) is 7.34. The Hall–Kier alpha value is -4.15. The predicted octanol–water partition coefficient (Wildman–Crippen LogP) is 4.03. The fourth-order valence-corrected chi connectivity index (χ4v) is 3.30. The van der Waals surface area contributed by atoms with E-state index in [0.29, 0.717) is 6.54 Å². The molecule has 1 amide bonds. The summed E-state index contributed by atoms with van der Waals surface area (Å²) in [7, 11) is 1.54. The van der Waals surface area contributed by atoms with Gasteiger partial charge in [-0.25, -0.2) is 4.79 Å². The lowest BCUT2D eigenvalue weighted by atomic mass is 10.0. The van der Waals surface area contributed by atoms with Crippen LogP contribution in [0.4, 0.5) is 13.2 Å². The number of rotatable bonds is 4. The third-order valence-electron chi connectivity index (χ3n) is 4.92. The number of carboxylic acid groups (broad SMARTS) is 1. The molecule has 0 spiro atoms. The number of hydrogen-bond acceptors (Lipinski definition) is 5. The maximum atomic E-state index is 12.0. The zero-order chi connectivity index (χ0) is 24.9. The van der Waals surface area contributed by atoms with E-state index < -0.39 is 12.1 Å². The molecule has 1 aliphatic rings. The third kappa shape index (κ3) is 5.80. The maximum Gasteiger partial charge on any atom is 0.490 e. The van der Waals surface area contributed by atoms with Gasteiger partial charge in [0.1, 0.15) is 7.11 Å². The molecular formula is C23H21F3N4O4. The van der Waals surface area contributed by atoms with E-state index in [-0.39, 0.29) is 5.91 Å². The highest BCUT2D eigenvalue weighted by Crippen LogP contribution is 2.27. The molecule has 3 heterocycles. The highest BCUT2D eigenvalue weighted by Gasteiger charge is 2.38. The molecule has 0 saturated heterocycles. The molecule has 2 aromatic heterocycles. The third-order valence-corrected chi connectivity index (χ3v) is 4.92. The number of halogens is 3. The van der Waals surface area contributed by atoms with Crippen molar-refractivity contribution in [2.75, 3.05) is 13.7 Å². The zero-order valence-electron chi connectivity index (χ0n) is 18.2. The predicted molar refractivity (Wildman–Crippen MR) is 118 cm³/mol. The number of H-pyrrole nitrogens is 1. The second-order valence-corrected chi connectivity index (χ2v) is 7.25. The minimum atomic E-state index is -5.08. The molecule has 0 radical (unpaired) electrons. The quantitative estimate of drug-likeness (QED) is 0.390. The Labute approximate surface area is 192 Å². The van der Waals surface area contributed by atoms with Crippen LogP contribution in [0.25, 0.3) is 22.5 Å². The van der Waals surface area contributed by atoms with Crippen LogP contribution in [-0.2, 0) is 16.1 Å². The number of carboxylic acids is 1. The molecular weight excluding hydrogens is 453 g/mol. The lowest BCUT2D eigenvalue weighted by Crippen LogP contribution is -2.31. The molecule has 0 unspecified atom stereocenters. The summed E-state index contributed by atoms with van der Waals surface area (Å²) in [6.07, 6.45) is -2.48. The first-order chi connectivity index (χ1) is 16.1. The minimum Gasteiger partial charge on any atom is -0.475 e. The molecule has 178 valence electrons. The van der Waals surface area contributed by atoms with Gasteiger partial charge in [-0.2, -0.15) is 13.2 Å². The molecule has 1 aromatic carbocycles. The van der Waals surface area contributed by atoms with Crippen LogP contribution in [0.1, 0.15) is 28.5 Å². The van der Waals surface area contributed by atoms with E-state index in [4.69, 9.17) is 14.7 Å². The summed E-state index contributed by atoms with van der Waals surface area (Å²) >= 11 is 0. The van der Waals surface area contributed by atoms with E-state index >= 15 is 0 Å². The van der Waals surface area contributed by atoms with E-state index in [9.17, 15) is 18.0 Å². The molecule has 0 aliphatic carbocycles. The molecule has 0 fully saturated rings. The van der Waals surface area contributed by atoms with Gasteiger partial charge in [-0.05, 0) is 36.8 Å². The van der Waals surface area contributed by atoms with Gasteiger partial charge in [0.2, 0.25) is 0 Å². The summed E-state index contributed by atoms with van der Waals surface area (Å²) in [5.41, 5.74) is 7.27. The fraction of sp³-hybridized carbons (Fsp3) is 0.217. The van der Waals surface area contributed by atoms with Crippen LogP contribution < -0.4 is 5.32 Å². The molecule has 4 rings (SSSR count). The average molecular weight is 474 g/mol. The molecule has 0 saturated carbocycles. The molecule has 3 aromatic rings. The van der Waals surface area contributed by atoms with Crippen molar-refractivity contribution in [1.29, 1.82) is 0 Å². The van der Waals surface area contributed by atoms with Crippen LogP contribution >= 0.6 is 0 Å². The normalized spacial score (nSPS) is 13.3. The summed E-state index contributed by atoms with van der Waals surface area (Å²) in [5.74, 6) is -2.78. The summed E-state index contributed by atoms with van der Waals surface area (Å²) in [6.45, 7) is 2.57. The number of aliphatic carboxylic acids is 1. The number of aromatic nitrogens is 2. The van der Waals surface area contributed by atoms with Gasteiger partial charge in [0, 0.05) is 41.7 Å². The van der Waals surface area contributed by atoms with Crippen LogP contribution in [-0.4, -0.2) is 52.5 Å². The first-order valence-corrected chi connectivity index (χ1v) is 10.1. The number of oxime groups is 1. The topological polar surface area (TPSA) is 117 Å². The lowest BCUT2D eigenvalue weighted by Gasteiger charge is -2.11. The molecule has 0 bridgehead atoms. The fourth-order valence-electron chi connectivity index (χ4n) is 3.30. The smallest absolute Gasteiger partial charge is 0.475 e. The van der Waals surface area contributed by atoms with E-state index in [2.05, 4.69) is 20.4 Å². The number of nitrogens with zero attached hydrogens (tertiary/aromatic N) is 2. The number of aromatic amines is 1. The monoisotopic (exact) mass is 474 g/mol. The van der Waals surface area contributed by atoms with Gasteiger partial charge in [-0.1, -0.05) is 23.4 Å². The number of alkyl halides is 3. The van der Waals surface area contributed by atoms with Crippen molar-refractivity contribution in [1.82, 2.24) is 15.3 Å². The van der Waals surface area contributed by atoms with E-state index in [1.54, 1.807) is 6.20 Å². The van der Waals surface area contributed by atoms with Crippen LogP contribution in [0.3, 0.4) is 0 Å². The van der Waals surface area contributed by atoms with Crippen LogP contribution in [0.15, 0.2) is 53.8 Å². The summed E-state index contributed by atoms with van der Waals surface area (Å²) < 4.78 is 31.7. The highest BCUT2D eigenvalue weighted by atomic mass is 19.4. The number of amides is 1. The minimum absolute atomic E-state index is 0.0198. The van der Waals surface area contributed by atoms with Gasteiger partial charge in [-0.15, -0.1) is 0 Å². The maximum absolute atomic E-state index is 12.0. The second-order valence-electron chi connectivity index (χ2n) is 7.25. The molecule has 0 atom stereocenters. The van der Waals surface area contributed by atoms with Gasteiger partial charge >= 0.3 is 12.1 Å². The van der Waals surface area contributed by atoms with Crippen LogP contribution in [0.2, 0.25) is 0 Å². The lowest BCUT2D eigenvalue weighted by molar-refractivity contribution is -0.192. The van der Waals surface area contributed by atoms with Crippen molar-refractivity contribution in [2.24, 2.45) is 5.16 Å². The number of pyridine rings is 1. The van der Waals surface area contributed by atoms with Crippen LogP contribution in [0, 0.1) is 0 Å². The van der Waals surface area contributed by atoms with E-state index in [1.807, 2.05) is 49.4 Å². The standard InChI is InChI=1S/C21H20N4O2.C2HF3O2/c1-13(25-27-2)14-4-3-5-15(10-14)19-11-16(6-8-22-19)20-12-17-18(24-20)7-9-23-21(17)26;3-2(4,5)1(6)7/h3-6,8,10-12,24H,7,9H2,1-2H3,(H,23,26);(H,6,7)/b25-13-;. The molecule has 3 N–H and O–H groups in total. The van der Waals surface area contributed by atoms with Gasteiger partial charge in [0.15, 0.2) is 0 Å². The highest BCUT2D eigenvalue weighted by molar-refractivity contribution is 5.99. The zero-order valence-corrected chi connectivity index (χ0v) is 18.2. The Balaban J connectivity index is 0.000000406. The van der Waals surface area contributed by atoms with Gasteiger partial charge in [0.25, 0.3) is 5.91 Å². The number of fused-ring (bicyclic) bond motifs is 1. The molecule has 11 heteroatoms. The van der Waals surface area contributed by atoms with Crippen molar-refractivity contribution >= 4 is 17.6 Å². The van der Waals surface area contributed by atoms with Gasteiger partial charge in [-0.3, -0.25) is 9.78 Å². The largest absolute Gasteiger partial charge is 0.490 e. The molecule has 1 aliphatic heterocycles. The summed E-state index contributed by atoms with van der Waals surface area (Å²) in [5, 5.41) is 14.0. The summed E-state index contributed by atoms with van der Waals surface area (Å²) in [4.78, 5) is 33.7. The van der Waals surface area contributed by atoms with Crippen LogP contribution in [0.5, 0.6) is 0 Å². The second kappa shape index (κ2) is 10.2. The number of benzene rings is 1. The first kappa shape index (κ1) is 24.5.